The highest BCUT2D eigenvalue weighted by molar-refractivity contribution is 7.11. The molecular formula is C16H24N6O2S. The molecule has 3 heterocycles. The zero-order chi connectivity index (χ0) is 17.6. The summed E-state index contributed by atoms with van der Waals surface area (Å²) >= 11 is 1.34. The van der Waals surface area contributed by atoms with Gasteiger partial charge < -0.3 is 10.1 Å². The van der Waals surface area contributed by atoms with Crippen molar-refractivity contribution in [1.29, 1.82) is 0 Å². The number of ether oxygens (including phenoxy) is 1. The zero-order valence-corrected chi connectivity index (χ0v) is 15.5. The largest absolute Gasteiger partial charge is 0.379 e. The molecule has 1 aliphatic heterocycles. The van der Waals surface area contributed by atoms with Crippen molar-refractivity contribution in [3.8, 4) is 5.82 Å². The van der Waals surface area contributed by atoms with E-state index in [4.69, 9.17) is 4.74 Å². The molecule has 8 nitrogen and oxygen atoms in total. The normalized spacial score (nSPS) is 15.6. The average Bonchev–Trinajstić information content (AvgIpc) is 3.27. The SMILES string of the molecule is CC(C)CNC(=O)c1nc(-n2cnnc2CCN2CCOCC2)cs1. The van der Waals surface area contributed by atoms with Crippen LogP contribution in [0.4, 0.5) is 0 Å². The van der Waals surface area contributed by atoms with Crippen molar-refractivity contribution in [3.05, 3.63) is 22.5 Å². The van der Waals surface area contributed by atoms with Crippen molar-refractivity contribution in [2.24, 2.45) is 5.92 Å². The molecule has 3 rings (SSSR count). The fourth-order valence-electron chi connectivity index (χ4n) is 2.56. The number of hydrogen-bond acceptors (Lipinski definition) is 7. The summed E-state index contributed by atoms with van der Waals surface area (Å²) in [5, 5.41) is 13.4. The first-order valence-electron chi connectivity index (χ1n) is 8.56. The summed E-state index contributed by atoms with van der Waals surface area (Å²) in [7, 11) is 0. The summed E-state index contributed by atoms with van der Waals surface area (Å²) in [5.41, 5.74) is 0. The van der Waals surface area contributed by atoms with Crippen LogP contribution in [0, 0.1) is 5.92 Å². The first-order chi connectivity index (χ1) is 12.1. The van der Waals surface area contributed by atoms with Gasteiger partial charge in [-0.25, -0.2) is 4.98 Å². The molecule has 0 radical (unpaired) electrons. The van der Waals surface area contributed by atoms with Gasteiger partial charge in [0.1, 0.15) is 12.2 Å². The van der Waals surface area contributed by atoms with Crippen LogP contribution in [-0.4, -0.2) is 69.9 Å². The fourth-order valence-corrected chi connectivity index (χ4v) is 3.27. The van der Waals surface area contributed by atoms with Gasteiger partial charge in [-0.15, -0.1) is 21.5 Å². The fraction of sp³-hybridized carbons (Fsp3) is 0.625. The molecule has 25 heavy (non-hydrogen) atoms. The molecule has 0 aliphatic carbocycles. The van der Waals surface area contributed by atoms with E-state index in [2.05, 4.69) is 39.2 Å². The third-order valence-corrected chi connectivity index (χ3v) is 4.81. The lowest BCUT2D eigenvalue weighted by molar-refractivity contribution is 0.0382. The Morgan fingerprint density at radius 3 is 2.96 bits per heavy atom. The molecule has 1 aliphatic rings. The molecule has 0 atom stereocenters. The summed E-state index contributed by atoms with van der Waals surface area (Å²) in [6, 6.07) is 0. The summed E-state index contributed by atoms with van der Waals surface area (Å²) in [6.07, 6.45) is 2.44. The van der Waals surface area contributed by atoms with Crippen molar-refractivity contribution < 1.29 is 9.53 Å². The van der Waals surface area contributed by atoms with E-state index in [1.807, 2.05) is 9.95 Å². The number of hydrogen-bond donors (Lipinski definition) is 1. The van der Waals surface area contributed by atoms with E-state index < -0.39 is 0 Å². The summed E-state index contributed by atoms with van der Waals surface area (Å²) in [4.78, 5) is 18.9. The molecule has 9 heteroatoms. The number of amides is 1. The van der Waals surface area contributed by atoms with Crippen LogP contribution in [0.1, 0.15) is 29.5 Å². The molecule has 1 amide bonds. The van der Waals surface area contributed by atoms with Gasteiger partial charge in [-0.3, -0.25) is 14.3 Å². The Morgan fingerprint density at radius 2 is 2.20 bits per heavy atom. The number of carbonyl (C=O) groups is 1. The lowest BCUT2D eigenvalue weighted by Crippen LogP contribution is -2.37. The molecule has 0 saturated carbocycles. The number of thiazole rings is 1. The second kappa shape index (κ2) is 8.50. The van der Waals surface area contributed by atoms with Crippen molar-refractivity contribution in [2.75, 3.05) is 39.4 Å². The van der Waals surface area contributed by atoms with E-state index in [1.165, 1.54) is 11.3 Å². The van der Waals surface area contributed by atoms with Crippen molar-refractivity contribution >= 4 is 17.2 Å². The lowest BCUT2D eigenvalue weighted by atomic mass is 10.2. The van der Waals surface area contributed by atoms with Crippen molar-refractivity contribution in [1.82, 2.24) is 30.0 Å². The Morgan fingerprint density at radius 1 is 1.40 bits per heavy atom. The van der Waals surface area contributed by atoms with E-state index in [0.717, 1.165) is 45.1 Å². The number of nitrogens with one attached hydrogen (secondary N) is 1. The van der Waals surface area contributed by atoms with Crippen molar-refractivity contribution in [2.45, 2.75) is 20.3 Å². The maximum atomic E-state index is 12.1. The average molecular weight is 364 g/mol. The molecule has 2 aromatic rings. The minimum Gasteiger partial charge on any atom is -0.379 e. The smallest absolute Gasteiger partial charge is 0.280 e. The predicted molar refractivity (Wildman–Crippen MR) is 95.2 cm³/mol. The van der Waals surface area contributed by atoms with E-state index >= 15 is 0 Å². The maximum absolute atomic E-state index is 12.1. The summed E-state index contributed by atoms with van der Waals surface area (Å²) in [5.74, 6) is 1.83. The highest BCUT2D eigenvalue weighted by Crippen LogP contribution is 2.15. The number of nitrogens with zero attached hydrogens (tertiary/aromatic N) is 5. The van der Waals surface area contributed by atoms with Crippen LogP contribution in [0.3, 0.4) is 0 Å². The minimum atomic E-state index is -0.132. The molecule has 0 unspecified atom stereocenters. The standard InChI is InChI=1S/C16H24N6O2S/c1-12(2)9-17-15(23)16-19-14(10-25-16)22-11-18-20-13(22)3-4-21-5-7-24-8-6-21/h10-12H,3-9H2,1-2H3,(H,17,23). The molecule has 1 N–H and O–H groups in total. The van der Waals surface area contributed by atoms with Crippen molar-refractivity contribution in [3.63, 3.8) is 0 Å². The summed E-state index contributed by atoms with van der Waals surface area (Å²) < 4.78 is 7.23. The van der Waals surface area contributed by atoms with Gasteiger partial charge in [-0.1, -0.05) is 13.8 Å². The van der Waals surface area contributed by atoms with E-state index in [0.29, 0.717) is 23.3 Å². The highest BCUT2D eigenvalue weighted by Gasteiger charge is 2.16. The third kappa shape index (κ3) is 4.83. The Kier molecular flexibility index (Phi) is 6.11. The van der Waals surface area contributed by atoms with Gasteiger partial charge in [-0.2, -0.15) is 0 Å². The second-order valence-corrected chi connectivity index (χ2v) is 7.29. The second-order valence-electron chi connectivity index (χ2n) is 6.44. The molecule has 0 bridgehead atoms. The monoisotopic (exact) mass is 364 g/mol. The van der Waals surface area contributed by atoms with Crippen LogP contribution in [0.25, 0.3) is 5.82 Å². The first kappa shape index (κ1) is 18.0. The molecular weight excluding hydrogens is 340 g/mol. The van der Waals surface area contributed by atoms with Crippen LogP contribution in [0.2, 0.25) is 0 Å². The third-order valence-electron chi connectivity index (χ3n) is 3.98. The Bertz CT molecular complexity index is 692. The van der Waals surface area contributed by atoms with Gasteiger partial charge in [0, 0.05) is 38.0 Å². The van der Waals surface area contributed by atoms with E-state index in [1.54, 1.807) is 6.33 Å². The summed E-state index contributed by atoms with van der Waals surface area (Å²) in [6.45, 7) is 9.15. The van der Waals surface area contributed by atoms with Gasteiger partial charge >= 0.3 is 0 Å². The Balaban J connectivity index is 1.62. The molecule has 0 spiro atoms. The predicted octanol–water partition coefficient (Wildman–Crippen LogP) is 0.984. The first-order valence-corrected chi connectivity index (χ1v) is 9.44. The van der Waals surface area contributed by atoms with Crippen LogP contribution >= 0.6 is 11.3 Å². The maximum Gasteiger partial charge on any atom is 0.280 e. The van der Waals surface area contributed by atoms with Crippen LogP contribution in [-0.2, 0) is 11.2 Å². The topological polar surface area (TPSA) is 85.2 Å². The Hall–Kier alpha value is -1.84. The minimum absolute atomic E-state index is 0.132. The number of morpholine rings is 1. The van der Waals surface area contributed by atoms with E-state index in [-0.39, 0.29) is 5.91 Å². The molecule has 0 aromatic carbocycles. The molecule has 2 aromatic heterocycles. The number of aromatic nitrogens is 4. The quantitative estimate of drug-likeness (QED) is 0.788. The molecule has 1 fully saturated rings. The van der Waals surface area contributed by atoms with Crippen LogP contribution < -0.4 is 5.32 Å². The Labute approximate surface area is 151 Å². The van der Waals surface area contributed by atoms with Gasteiger partial charge in [0.25, 0.3) is 5.91 Å². The van der Waals surface area contributed by atoms with Gasteiger partial charge in [0.2, 0.25) is 0 Å². The number of rotatable bonds is 7. The molecule has 136 valence electrons. The molecule has 1 saturated heterocycles. The lowest BCUT2D eigenvalue weighted by Gasteiger charge is -2.26. The van der Waals surface area contributed by atoms with Gasteiger partial charge in [-0.05, 0) is 5.92 Å². The highest BCUT2D eigenvalue weighted by atomic mass is 32.1. The van der Waals surface area contributed by atoms with Gasteiger partial charge in [0.15, 0.2) is 10.8 Å². The van der Waals surface area contributed by atoms with Crippen LogP contribution in [0.15, 0.2) is 11.7 Å². The van der Waals surface area contributed by atoms with E-state index in [9.17, 15) is 4.79 Å². The number of carbonyl (C=O) groups excluding carboxylic acids is 1. The van der Waals surface area contributed by atoms with Gasteiger partial charge in [0.05, 0.1) is 13.2 Å². The van der Waals surface area contributed by atoms with Crippen LogP contribution in [0.5, 0.6) is 0 Å². The zero-order valence-electron chi connectivity index (χ0n) is 14.6.